The molecule has 5 nitrogen and oxygen atoms in total. The molecule has 1 aromatic heterocycles. The minimum Gasteiger partial charge on any atom is -0.451 e. The molecule has 0 bridgehead atoms. The van der Waals surface area contributed by atoms with Crippen molar-refractivity contribution in [3.05, 3.63) is 34.5 Å². The highest BCUT2D eigenvalue weighted by molar-refractivity contribution is 9.10. The van der Waals surface area contributed by atoms with Crippen molar-refractivity contribution in [2.24, 2.45) is 5.92 Å². The number of piperidine rings is 1. The van der Waals surface area contributed by atoms with E-state index in [4.69, 9.17) is 4.42 Å². The number of amides is 2. The zero-order valence-electron chi connectivity index (χ0n) is 15.4. The average molecular weight is 433 g/mol. The van der Waals surface area contributed by atoms with Gasteiger partial charge in [-0.3, -0.25) is 9.59 Å². The van der Waals surface area contributed by atoms with Gasteiger partial charge in [-0.1, -0.05) is 35.2 Å². The molecular formula is C21H25BrN2O3. The molecule has 2 aromatic rings. The summed E-state index contributed by atoms with van der Waals surface area (Å²) in [6.45, 7) is 1.30. The molecule has 2 amide bonds. The van der Waals surface area contributed by atoms with E-state index >= 15 is 0 Å². The van der Waals surface area contributed by atoms with E-state index in [-0.39, 0.29) is 23.8 Å². The first-order valence-electron chi connectivity index (χ1n) is 9.89. The van der Waals surface area contributed by atoms with Gasteiger partial charge in [0, 0.05) is 34.9 Å². The number of furan rings is 1. The van der Waals surface area contributed by atoms with Crippen molar-refractivity contribution in [1.29, 1.82) is 0 Å². The summed E-state index contributed by atoms with van der Waals surface area (Å²) in [5.74, 6) is 0.711. The number of hydrogen-bond acceptors (Lipinski definition) is 3. The highest BCUT2D eigenvalue weighted by Gasteiger charge is 2.28. The zero-order valence-corrected chi connectivity index (χ0v) is 17.0. The molecule has 0 unspecified atom stereocenters. The zero-order chi connectivity index (χ0) is 18.8. The van der Waals surface area contributed by atoms with E-state index in [2.05, 4.69) is 21.2 Å². The van der Waals surface area contributed by atoms with Gasteiger partial charge in [0.15, 0.2) is 5.76 Å². The minimum atomic E-state index is -0.0700. The van der Waals surface area contributed by atoms with E-state index in [0.29, 0.717) is 18.8 Å². The fraction of sp³-hybridized carbons (Fsp3) is 0.524. The van der Waals surface area contributed by atoms with Gasteiger partial charge in [-0.2, -0.15) is 0 Å². The summed E-state index contributed by atoms with van der Waals surface area (Å²) in [7, 11) is 0. The first kappa shape index (κ1) is 18.5. The van der Waals surface area contributed by atoms with Crippen molar-refractivity contribution in [3.8, 4) is 0 Å². The van der Waals surface area contributed by atoms with Crippen molar-refractivity contribution in [2.45, 2.75) is 51.0 Å². The third-order valence-corrected chi connectivity index (χ3v) is 6.29. The van der Waals surface area contributed by atoms with Crippen molar-refractivity contribution in [3.63, 3.8) is 0 Å². The molecule has 6 heteroatoms. The third kappa shape index (κ3) is 4.21. The van der Waals surface area contributed by atoms with E-state index in [9.17, 15) is 9.59 Å². The minimum absolute atomic E-state index is 0.0700. The number of likely N-dealkylation sites (tertiary alicyclic amines) is 1. The van der Waals surface area contributed by atoms with Gasteiger partial charge in [-0.15, -0.1) is 0 Å². The van der Waals surface area contributed by atoms with Crippen LogP contribution in [0.4, 0.5) is 0 Å². The fourth-order valence-electron chi connectivity index (χ4n) is 4.19. The summed E-state index contributed by atoms with van der Waals surface area (Å²) >= 11 is 3.44. The van der Waals surface area contributed by atoms with Crippen LogP contribution >= 0.6 is 15.9 Å². The molecule has 0 radical (unpaired) electrons. The van der Waals surface area contributed by atoms with Crippen LogP contribution in [0.25, 0.3) is 11.0 Å². The Morgan fingerprint density at radius 2 is 1.78 bits per heavy atom. The molecule has 2 aliphatic rings. The maximum atomic E-state index is 12.8. The summed E-state index contributed by atoms with van der Waals surface area (Å²) in [5.41, 5.74) is 0.719. The second-order valence-electron chi connectivity index (χ2n) is 7.70. The van der Waals surface area contributed by atoms with E-state index in [0.717, 1.165) is 41.1 Å². The molecule has 1 saturated carbocycles. The van der Waals surface area contributed by atoms with Gasteiger partial charge >= 0.3 is 0 Å². The number of carbonyl (C=O) groups excluding carboxylic acids is 2. The van der Waals surface area contributed by atoms with E-state index in [1.54, 1.807) is 6.07 Å². The molecule has 1 aromatic carbocycles. The number of hydrogen-bond donors (Lipinski definition) is 1. The van der Waals surface area contributed by atoms with E-state index in [1.807, 2.05) is 23.1 Å². The predicted molar refractivity (Wildman–Crippen MR) is 108 cm³/mol. The monoisotopic (exact) mass is 432 g/mol. The van der Waals surface area contributed by atoms with Gasteiger partial charge in [0.25, 0.3) is 5.91 Å². The van der Waals surface area contributed by atoms with Crippen molar-refractivity contribution in [2.75, 3.05) is 13.1 Å². The molecule has 1 aliphatic carbocycles. The number of nitrogens with one attached hydrogen (secondary N) is 1. The Hall–Kier alpha value is -1.82. The molecule has 0 spiro atoms. The highest BCUT2D eigenvalue weighted by Crippen LogP contribution is 2.26. The molecule has 4 rings (SSSR count). The van der Waals surface area contributed by atoms with Gasteiger partial charge in [0.05, 0.1) is 0 Å². The second-order valence-corrected chi connectivity index (χ2v) is 8.62. The number of nitrogens with zero attached hydrogens (tertiary/aromatic N) is 1. The Labute approximate surface area is 167 Å². The number of fused-ring (bicyclic) bond motifs is 1. The smallest absolute Gasteiger partial charge is 0.289 e. The number of rotatable bonds is 3. The van der Waals surface area contributed by atoms with Crippen LogP contribution in [0.2, 0.25) is 0 Å². The second kappa shape index (κ2) is 8.05. The van der Waals surface area contributed by atoms with Crippen LogP contribution in [0.5, 0.6) is 0 Å². The number of benzene rings is 1. The lowest BCUT2D eigenvalue weighted by Crippen LogP contribution is -2.48. The quantitative estimate of drug-likeness (QED) is 0.776. The maximum Gasteiger partial charge on any atom is 0.289 e. The van der Waals surface area contributed by atoms with Crippen LogP contribution in [-0.4, -0.2) is 35.8 Å². The van der Waals surface area contributed by atoms with Crippen LogP contribution < -0.4 is 5.32 Å². The molecule has 2 fully saturated rings. The standard InChI is InChI=1S/C21H25BrN2O3/c22-16-6-7-18-15(12-16)13-19(27-18)21(26)24-10-8-17(9-11-24)23-20(25)14-4-2-1-3-5-14/h6-7,12-14,17H,1-5,8-11H2,(H,23,25). The summed E-state index contributed by atoms with van der Waals surface area (Å²) in [6.07, 6.45) is 7.23. The Morgan fingerprint density at radius 1 is 1.04 bits per heavy atom. The molecule has 1 aliphatic heterocycles. The summed E-state index contributed by atoms with van der Waals surface area (Å²) in [5, 5.41) is 4.13. The molecule has 27 heavy (non-hydrogen) atoms. The molecule has 1 N–H and O–H groups in total. The van der Waals surface area contributed by atoms with Gasteiger partial charge in [0.2, 0.25) is 5.91 Å². The van der Waals surface area contributed by atoms with Gasteiger partial charge in [-0.25, -0.2) is 0 Å². The Kier molecular flexibility index (Phi) is 5.53. The third-order valence-electron chi connectivity index (χ3n) is 5.79. The summed E-state index contributed by atoms with van der Waals surface area (Å²) < 4.78 is 6.69. The SMILES string of the molecule is O=C(NC1CCN(C(=O)c2cc3cc(Br)ccc3o2)CC1)C1CCCCC1. The van der Waals surface area contributed by atoms with Gasteiger partial charge < -0.3 is 14.6 Å². The van der Waals surface area contributed by atoms with Gasteiger partial charge in [-0.05, 0) is 49.9 Å². The lowest BCUT2D eigenvalue weighted by Gasteiger charge is -2.33. The van der Waals surface area contributed by atoms with Crippen LogP contribution in [0.1, 0.15) is 55.5 Å². The van der Waals surface area contributed by atoms with Crippen LogP contribution in [0, 0.1) is 5.92 Å². The van der Waals surface area contributed by atoms with E-state index in [1.165, 1.54) is 19.3 Å². The lowest BCUT2D eigenvalue weighted by atomic mass is 9.88. The summed E-state index contributed by atoms with van der Waals surface area (Å²) in [6, 6.07) is 7.70. The Balaban J connectivity index is 1.32. The Bertz CT molecular complexity index is 833. The first-order valence-corrected chi connectivity index (χ1v) is 10.7. The molecule has 0 atom stereocenters. The average Bonchev–Trinajstić information content (AvgIpc) is 3.12. The van der Waals surface area contributed by atoms with Gasteiger partial charge in [0.1, 0.15) is 5.58 Å². The fourth-order valence-corrected chi connectivity index (χ4v) is 4.56. The highest BCUT2D eigenvalue weighted by atomic mass is 79.9. The molecule has 1 saturated heterocycles. The van der Waals surface area contributed by atoms with Crippen LogP contribution in [0.15, 0.2) is 33.2 Å². The number of carbonyl (C=O) groups is 2. The van der Waals surface area contributed by atoms with Crippen molar-refractivity contribution >= 4 is 38.7 Å². The van der Waals surface area contributed by atoms with Crippen LogP contribution in [-0.2, 0) is 4.79 Å². The van der Waals surface area contributed by atoms with E-state index < -0.39 is 0 Å². The van der Waals surface area contributed by atoms with Crippen molar-refractivity contribution < 1.29 is 14.0 Å². The predicted octanol–water partition coefficient (Wildman–Crippen LogP) is 4.50. The largest absolute Gasteiger partial charge is 0.451 e. The Morgan fingerprint density at radius 3 is 2.52 bits per heavy atom. The van der Waals surface area contributed by atoms with Crippen molar-refractivity contribution in [1.82, 2.24) is 10.2 Å². The summed E-state index contributed by atoms with van der Waals surface area (Å²) in [4.78, 5) is 27.0. The molecular weight excluding hydrogens is 408 g/mol. The van der Waals surface area contributed by atoms with Crippen LogP contribution in [0.3, 0.4) is 0 Å². The molecule has 2 heterocycles. The maximum absolute atomic E-state index is 12.8. The normalized spacial score (nSPS) is 19.4. The molecule has 144 valence electrons. The first-order chi connectivity index (χ1) is 13.1. The number of halogens is 1. The topological polar surface area (TPSA) is 62.6 Å². The lowest BCUT2D eigenvalue weighted by molar-refractivity contribution is -0.126.